The molecular formula is C22H27N3O3S. The number of methoxy groups -OCH3 is 1. The topological polar surface area (TPSA) is 62.8 Å². The van der Waals surface area contributed by atoms with Crippen LogP contribution in [0.15, 0.2) is 42.5 Å². The van der Waals surface area contributed by atoms with Gasteiger partial charge in [0.15, 0.2) is 5.11 Å². The summed E-state index contributed by atoms with van der Waals surface area (Å²) < 4.78 is 10.9. The van der Waals surface area contributed by atoms with Gasteiger partial charge in [0.1, 0.15) is 18.1 Å². The van der Waals surface area contributed by atoms with Gasteiger partial charge in [0, 0.05) is 24.3 Å². The van der Waals surface area contributed by atoms with Crippen LogP contribution in [0.2, 0.25) is 0 Å². The molecule has 3 rings (SSSR count). The summed E-state index contributed by atoms with van der Waals surface area (Å²) in [5.74, 6) is 1.74. The molecule has 0 unspecified atom stereocenters. The van der Waals surface area contributed by atoms with E-state index in [-0.39, 0.29) is 11.9 Å². The van der Waals surface area contributed by atoms with E-state index in [4.69, 9.17) is 21.7 Å². The zero-order valence-electron chi connectivity index (χ0n) is 17.0. The predicted molar refractivity (Wildman–Crippen MR) is 120 cm³/mol. The van der Waals surface area contributed by atoms with Crippen LogP contribution >= 0.6 is 12.2 Å². The Morgan fingerprint density at radius 2 is 1.93 bits per heavy atom. The second kappa shape index (κ2) is 9.60. The number of carbonyl (C=O) groups is 1. The molecule has 2 aromatic rings. The molecule has 0 radical (unpaired) electrons. The van der Waals surface area contributed by atoms with Gasteiger partial charge in [-0.15, -0.1) is 0 Å². The van der Waals surface area contributed by atoms with Crippen molar-refractivity contribution in [2.45, 2.75) is 32.7 Å². The summed E-state index contributed by atoms with van der Waals surface area (Å²) >= 11 is 5.44. The van der Waals surface area contributed by atoms with Crippen LogP contribution in [0.3, 0.4) is 0 Å². The van der Waals surface area contributed by atoms with Crippen molar-refractivity contribution in [1.82, 2.24) is 5.32 Å². The van der Waals surface area contributed by atoms with E-state index < -0.39 is 0 Å². The summed E-state index contributed by atoms with van der Waals surface area (Å²) in [5.41, 5.74) is 2.87. The number of rotatable bonds is 7. The lowest BCUT2D eigenvalue weighted by molar-refractivity contribution is -0.117. The summed E-state index contributed by atoms with van der Waals surface area (Å²) in [6, 6.07) is 13.4. The Kier molecular flexibility index (Phi) is 6.93. The van der Waals surface area contributed by atoms with E-state index in [0.29, 0.717) is 18.1 Å². The molecule has 1 atom stereocenters. The van der Waals surface area contributed by atoms with E-state index in [1.165, 1.54) is 0 Å². The first kappa shape index (κ1) is 20.9. The van der Waals surface area contributed by atoms with Gasteiger partial charge in [-0.25, -0.2) is 0 Å². The number of anilines is 2. The van der Waals surface area contributed by atoms with Crippen molar-refractivity contribution >= 4 is 34.6 Å². The monoisotopic (exact) mass is 413 g/mol. The summed E-state index contributed by atoms with van der Waals surface area (Å²) in [6.07, 6.45) is 1.52. The minimum Gasteiger partial charge on any atom is -0.497 e. The maximum atomic E-state index is 12.1. The second-order valence-electron chi connectivity index (χ2n) is 7.14. The lowest BCUT2D eigenvalue weighted by atomic mass is 10.1. The van der Waals surface area contributed by atoms with Crippen LogP contribution < -0.4 is 25.0 Å². The van der Waals surface area contributed by atoms with Crippen molar-refractivity contribution in [2.24, 2.45) is 0 Å². The fourth-order valence-electron chi connectivity index (χ4n) is 3.21. The normalized spacial score (nSPS) is 14.4. The van der Waals surface area contributed by atoms with Crippen molar-refractivity contribution in [1.29, 1.82) is 0 Å². The third-order valence-corrected chi connectivity index (χ3v) is 4.99. The minimum atomic E-state index is 0.0159. The molecule has 1 aliphatic heterocycles. The maximum absolute atomic E-state index is 12.1. The Labute approximate surface area is 177 Å². The van der Waals surface area contributed by atoms with Crippen LogP contribution in [0.5, 0.6) is 11.5 Å². The zero-order valence-corrected chi connectivity index (χ0v) is 17.8. The molecule has 1 heterocycles. The van der Waals surface area contributed by atoms with Crippen molar-refractivity contribution < 1.29 is 14.3 Å². The number of hydrogen-bond donors (Lipinski definition) is 2. The van der Waals surface area contributed by atoms with E-state index >= 15 is 0 Å². The largest absolute Gasteiger partial charge is 0.497 e. The number of amides is 1. The predicted octanol–water partition coefficient (Wildman–Crippen LogP) is 3.88. The van der Waals surface area contributed by atoms with Crippen molar-refractivity contribution in [3.63, 3.8) is 0 Å². The summed E-state index contributed by atoms with van der Waals surface area (Å²) in [6.45, 7) is 5.25. The second-order valence-corrected chi connectivity index (χ2v) is 7.54. The van der Waals surface area contributed by atoms with Gasteiger partial charge in [-0.3, -0.25) is 4.79 Å². The number of ether oxygens (including phenoxy) is 2. The first-order chi connectivity index (χ1) is 14.0. The highest BCUT2D eigenvalue weighted by molar-refractivity contribution is 7.80. The van der Waals surface area contributed by atoms with E-state index in [1.807, 2.05) is 61.2 Å². The van der Waals surface area contributed by atoms with Gasteiger partial charge in [-0.05, 0) is 74.4 Å². The van der Waals surface area contributed by atoms with Crippen LogP contribution in [0.25, 0.3) is 0 Å². The highest BCUT2D eigenvalue weighted by Gasteiger charge is 2.23. The van der Waals surface area contributed by atoms with Crippen LogP contribution in [0.1, 0.15) is 25.3 Å². The molecule has 1 fully saturated rings. The Morgan fingerprint density at radius 3 is 2.59 bits per heavy atom. The number of nitrogens with one attached hydrogen (secondary N) is 2. The van der Waals surface area contributed by atoms with Crippen molar-refractivity contribution in [3.05, 3.63) is 48.0 Å². The van der Waals surface area contributed by atoms with Crippen LogP contribution in [0.4, 0.5) is 11.4 Å². The molecule has 0 aromatic heterocycles. The van der Waals surface area contributed by atoms with Crippen LogP contribution in [0, 0.1) is 6.92 Å². The number of hydrogen-bond acceptors (Lipinski definition) is 4. The minimum absolute atomic E-state index is 0.0159. The molecular weight excluding hydrogens is 386 g/mol. The number of aryl methyl sites for hydroxylation is 1. The van der Waals surface area contributed by atoms with Gasteiger partial charge < -0.3 is 25.0 Å². The van der Waals surface area contributed by atoms with Gasteiger partial charge in [0.2, 0.25) is 5.91 Å². The average Bonchev–Trinajstić information content (AvgIpc) is 3.14. The molecule has 0 bridgehead atoms. The number of benzene rings is 2. The third kappa shape index (κ3) is 5.60. The van der Waals surface area contributed by atoms with E-state index in [2.05, 4.69) is 10.6 Å². The number of thiocarbonyl (C=S) groups is 1. The van der Waals surface area contributed by atoms with Crippen molar-refractivity contribution in [3.8, 4) is 11.5 Å². The van der Waals surface area contributed by atoms with Gasteiger partial charge in [-0.2, -0.15) is 0 Å². The summed E-state index contributed by atoms with van der Waals surface area (Å²) in [7, 11) is 1.63. The zero-order chi connectivity index (χ0) is 20.8. The molecule has 2 N–H and O–H groups in total. The molecule has 1 amide bonds. The van der Waals surface area contributed by atoms with E-state index in [1.54, 1.807) is 7.11 Å². The smallest absolute Gasteiger partial charge is 0.227 e. The van der Waals surface area contributed by atoms with Gasteiger partial charge in [0.25, 0.3) is 0 Å². The van der Waals surface area contributed by atoms with E-state index in [9.17, 15) is 4.79 Å². The quantitative estimate of drug-likeness (QED) is 0.672. The maximum Gasteiger partial charge on any atom is 0.227 e. The molecule has 154 valence electrons. The molecule has 0 aliphatic carbocycles. The standard InChI is InChI=1S/C22H27N3O3S/c1-15-6-7-17(13-20(15)25-12-4-5-21(25)26)24-22(29)23-16(2)14-28-19-10-8-18(27-3)9-11-19/h6-11,13,16H,4-5,12,14H2,1-3H3,(H2,23,24,29)/t16-/m1/s1. The Hall–Kier alpha value is -2.80. The molecule has 1 aliphatic rings. The average molecular weight is 414 g/mol. The number of carbonyl (C=O) groups excluding carboxylic acids is 1. The Morgan fingerprint density at radius 1 is 1.21 bits per heavy atom. The summed E-state index contributed by atoms with van der Waals surface area (Å²) in [4.78, 5) is 13.9. The molecule has 2 aromatic carbocycles. The summed E-state index contributed by atoms with van der Waals surface area (Å²) in [5, 5.41) is 6.94. The molecule has 29 heavy (non-hydrogen) atoms. The Bertz CT molecular complexity index is 870. The lowest BCUT2D eigenvalue weighted by Gasteiger charge is -2.21. The van der Waals surface area contributed by atoms with E-state index in [0.717, 1.165) is 41.4 Å². The van der Waals surface area contributed by atoms with Gasteiger partial charge >= 0.3 is 0 Å². The molecule has 6 nitrogen and oxygen atoms in total. The third-order valence-electron chi connectivity index (χ3n) is 4.77. The Balaban J connectivity index is 1.52. The number of nitrogens with zero attached hydrogens (tertiary/aromatic N) is 1. The highest BCUT2D eigenvalue weighted by atomic mass is 32.1. The fraction of sp³-hybridized carbons (Fsp3) is 0.364. The highest BCUT2D eigenvalue weighted by Crippen LogP contribution is 2.28. The molecule has 0 saturated carbocycles. The van der Waals surface area contributed by atoms with Crippen molar-refractivity contribution in [2.75, 3.05) is 30.5 Å². The lowest BCUT2D eigenvalue weighted by Crippen LogP contribution is -2.39. The first-order valence-corrected chi connectivity index (χ1v) is 10.1. The fourth-order valence-corrected chi connectivity index (χ4v) is 3.53. The van der Waals surface area contributed by atoms with Crippen LogP contribution in [-0.2, 0) is 4.79 Å². The molecule has 7 heteroatoms. The SMILES string of the molecule is COc1ccc(OC[C@@H](C)NC(=S)Nc2ccc(C)c(N3CCCC3=O)c2)cc1. The molecule has 0 spiro atoms. The first-order valence-electron chi connectivity index (χ1n) is 9.71. The van der Waals surface area contributed by atoms with Gasteiger partial charge in [-0.1, -0.05) is 6.07 Å². The molecule has 1 saturated heterocycles. The van der Waals surface area contributed by atoms with Crippen LogP contribution in [-0.4, -0.2) is 37.3 Å². The van der Waals surface area contributed by atoms with Gasteiger partial charge in [0.05, 0.1) is 13.2 Å².